The molecule has 0 fully saturated rings. The SMILES string of the molecule is NN(Cc1ccc(C(F)(F)F)cc1)c1ccccc1. The van der Waals surface area contributed by atoms with E-state index in [1.54, 1.807) is 0 Å². The van der Waals surface area contributed by atoms with Crippen LogP contribution in [-0.4, -0.2) is 0 Å². The Labute approximate surface area is 109 Å². The van der Waals surface area contributed by atoms with E-state index in [-0.39, 0.29) is 0 Å². The van der Waals surface area contributed by atoms with Gasteiger partial charge in [-0.1, -0.05) is 30.3 Å². The average molecular weight is 266 g/mol. The number of hydrogen-bond donors (Lipinski definition) is 1. The van der Waals surface area contributed by atoms with Gasteiger partial charge in [-0.3, -0.25) is 0 Å². The van der Waals surface area contributed by atoms with Gasteiger partial charge in [0.1, 0.15) is 0 Å². The predicted octanol–water partition coefficient (Wildman–Crippen LogP) is 3.59. The zero-order chi connectivity index (χ0) is 13.9. The summed E-state index contributed by atoms with van der Waals surface area (Å²) in [7, 11) is 0. The van der Waals surface area contributed by atoms with Crippen LogP contribution in [0.3, 0.4) is 0 Å². The molecule has 2 nitrogen and oxygen atoms in total. The molecule has 0 saturated carbocycles. The molecule has 0 aliphatic heterocycles. The van der Waals surface area contributed by atoms with Gasteiger partial charge in [-0.05, 0) is 29.8 Å². The van der Waals surface area contributed by atoms with E-state index in [0.717, 1.165) is 23.4 Å². The Morgan fingerprint density at radius 1 is 0.895 bits per heavy atom. The molecule has 0 atom stereocenters. The van der Waals surface area contributed by atoms with Gasteiger partial charge in [-0.15, -0.1) is 0 Å². The van der Waals surface area contributed by atoms with Crippen molar-refractivity contribution in [2.24, 2.45) is 5.84 Å². The highest BCUT2D eigenvalue weighted by Gasteiger charge is 2.29. The van der Waals surface area contributed by atoms with Gasteiger partial charge in [0, 0.05) is 0 Å². The molecule has 0 bridgehead atoms. The van der Waals surface area contributed by atoms with E-state index in [2.05, 4.69) is 0 Å². The maximum Gasteiger partial charge on any atom is 0.416 e. The lowest BCUT2D eigenvalue weighted by molar-refractivity contribution is -0.137. The van der Waals surface area contributed by atoms with Crippen molar-refractivity contribution in [2.75, 3.05) is 5.01 Å². The van der Waals surface area contributed by atoms with E-state index in [0.29, 0.717) is 6.54 Å². The normalized spacial score (nSPS) is 11.4. The van der Waals surface area contributed by atoms with Gasteiger partial charge >= 0.3 is 6.18 Å². The second-order valence-corrected chi connectivity index (χ2v) is 4.16. The molecule has 0 aliphatic carbocycles. The minimum atomic E-state index is -4.31. The highest BCUT2D eigenvalue weighted by molar-refractivity contribution is 5.45. The molecule has 2 N–H and O–H groups in total. The van der Waals surface area contributed by atoms with Gasteiger partial charge in [0.15, 0.2) is 0 Å². The Morgan fingerprint density at radius 3 is 2.00 bits per heavy atom. The lowest BCUT2D eigenvalue weighted by Crippen LogP contribution is -2.29. The fraction of sp³-hybridized carbons (Fsp3) is 0.143. The van der Waals surface area contributed by atoms with Gasteiger partial charge in [-0.25, -0.2) is 5.84 Å². The Bertz CT molecular complexity index is 521. The first-order valence-electron chi connectivity index (χ1n) is 5.70. The Morgan fingerprint density at radius 2 is 1.47 bits per heavy atom. The Kier molecular flexibility index (Phi) is 3.76. The summed E-state index contributed by atoms with van der Waals surface area (Å²) in [5, 5.41) is 1.49. The van der Waals surface area contributed by atoms with Crippen LogP contribution in [0.2, 0.25) is 0 Å². The maximum absolute atomic E-state index is 12.4. The van der Waals surface area contributed by atoms with E-state index < -0.39 is 11.7 Å². The van der Waals surface area contributed by atoms with Crippen molar-refractivity contribution >= 4 is 5.69 Å². The molecule has 0 aliphatic rings. The van der Waals surface area contributed by atoms with Crippen molar-refractivity contribution in [2.45, 2.75) is 12.7 Å². The zero-order valence-corrected chi connectivity index (χ0v) is 10.1. The molecule has 19 heavy (non-hydrogen) atoms. The summed E-state index contributed by atoms with van der Waals surface area (Å²) in [6.07, 6.45) is -4.31. The van der Waals surface area contributed by atoms with E-state index in [1.807, 2.05) is 30.3 Å². The molecule has 0 heterocycles. The minimum absolute atomic E-state index is 0.349. The van der Waals surface area contributed by atoms with Crippen LogP contribution in [0.25, 0.3) is 0 Å². The largest absolute Gasteiger partial charge is 0.416 e. The first-order valence-corrected chi connectivity index (χ1v) is 5.70. The number of nitrogens with zero attached hydrogens (tertiary/aromatic N) is 1. The molecule has 2 aromatic carbocycles. The molecule has 0 amide bonds. The summed E-state index contributed by atoms with van der Waals surface area (Å²) in [5.74, 6) is 5.86. The first kappa shape index (κ1) is 13.4. The molecular weight excluding hydrogens is 253 g/mol. The van der Waals surface area contributed by atoms with Crippen LogP contribution in [0.15, 0.2) is 54.6 Å². The molecular formula is C14H13F3N2. The van der Waals surface area contributed by atoms with E-state index in [1.165, 1.54) is 17.1 Å². The fourth-order valence-corrected chi connectivity index (χ4v) is 1.71. The summed E-state index contributed by atoms with van der Waals surface area (Å²) in [5.41, 5.74) is 0.876. The monoisotopic (exact) mass is 266 g/mol. The molecule has 2 aromatic rings. The van der Waals surface area contributed by atoms with Crippen LogP contribution in [0.5, 0.6) is 0 Å². The number of para-hydroxylation sites is 1. The maximum atomic E-state index is 12.4. The highest BCUT2D eigenvalue weighted by Crippen LogP contribution is 2.29. The lowest BCUT2D eigenvalue weighted by Gasteiger charge is -2.19. The quantitative estimate of drug-likeness (QED) is 0.679. The van der Waals surface area contributed by atoms with Gasteiger partial charge < -0.3 is 5.01 Å². The van der Waals surface area contributed by atoms with Gasteiger partial charge in [0.25, 0.3) is 0 Å². The van der Waals surface area contributed by atoms with Crippen LogP contribution in [0, 0.1) is 0 Å². The van der Waals surface area contributed by atoms with Crippen LogP contribution in [0.1, 0.15) is 11.1 Å². The second-order valence-electron chi connectivity index (χ2n) is 4.16. The number of hydrogen-bond acceptors (Lipinski definition) is 2. The summed E-state index contributed by atoms with van der Waals surface area (Å²) >= 11 is 0. The Balaban J connectivity index is 2.08. The molecule has 2 rings (SSSR count). The smallest absolute Gasteiger partial charge is 0.307 e. The predicted molar refractivity (Wildman–Crippen MR) is 68.3 cm³/mol. The van der Waals surface area contributed by atoms with Crippen LogP contribution in [-0.2, 0) is 12.7 Å². The summed E-state index contributed by atoms with van der Waals surface area (Å²) in [6.45, 7) is 0.349. The van der Waals surface area contributed by atoms with Crippen LogP contribution >= 0.6 is 0 Å². The summed E-state index contributed by atoms with van der Waals surface area (Å²) in [4.78, 5) is 0. The second kappa shape index (κ2) is 5.32. The van der Waals surface area contributed by atoms with Crippen molar-refractivity contribution in [1.82, 2.24) is 0 Å². The number of rotatable bonds is 3. The summed E-state index contributed by atoms with van der Waals surface area (Å²) in [6, 6.07) is 14.2. The topological polar surface area (TPSA) is 29.3 Å². The highest BCUT2D eigenvalue weighted by atomic mass is 19.4. The minimum Gasteiger partial charge on any atom is -0.307 e. The molecule has 0 aromatic heterocycles. The number of hydrazine groups is 1. The number of alkyl halides is 3. The van der Waals surface area contributed by atoms with Gasteiger partial charge in [0.2, 0.25) is 0 Å². The third-order valence-corrected chi connectivity index (χ3v) is 2.72. The van der Waals surface area contributed by atoms with Crippen molar-refractivity contribution in [3.05, 3.63) is 65.7 Å². The third-order valence-electron chi connectivity index (χ3n) is 2.72. The molecule has 0 radical (unpaired) electrons. The molecule has 0 spiro atoms. The number of benzene rings is 2. The van der Waals surface area contributed by atoms with Crippen molar-refractivity contribution in [3.8, 4) is 0 Å². The number of halogens is 3. The van der Waals surface area contributed by atoms with Gasteiger partial charge in [-0.2, -0.15) is 13.2 Å². The van der Waals surface area contributed by atoms with Crippen molar-refractivity contribution < 1.29 is 13.2 Å². The van der Waals surface area contributed by atoms with E-state index in [4.69, 9.17) is 5.84 Å². The first-order chi connectivity index (χ1) is 8.97. The molecule has 100 valence electrons. The summed E-state index contributed by atoms with van der Waals surface area (Å²) < 4.78 is 37.2. The van der Waals surface area contributed by atoms with Gasteiger partial charge in [0.05, 0.1) is 17.8 Å². The van der Waals surface area contributed by atoms with Crippen molar-refractivity contribution in [1.29, 1.82) is 0 Å². The van der Waals surface area contributed by atoms with E-state index in [9.17, 15) is 13.2 Å². The Hall–Kier alpha value is -2.01. The standard InChI is InChI=1S/C14H13F3N2/c15-14(16,17)12-8-6-11(7-9-12)10-19(18)13-4-2-1-3-5-13/h1-9H,10,18H2. The molecule has 0 saturated heterocycles. The van der Waals surface area contributed by atoms with Crippen molar-refractivity contribution in [3.63, 3.8) is 0 Å². The molecule has 0 unspecified atom stereocenters. The molecule has 5 heteroatoms. The number of anilines is 1. The average Bonchev–Trinajstić information content (AvgIpc) is 2.39. The lowest BCUT2D eigenvalue weighted by atomic mass is 10.1. The van der Waals surface area contributed by atoms with E-state index >= 15 is 0 Å². The van der Waals surface area contributed by atoms with Crippen LogP contribution in [0.4, 0.5) is 18.9 Å². The fourth-order valence-electron chi connectivity index (χ4n) is 1.71. The third kappa shape index (κ3) is 3.48. The zero-order valence-electron chi connectivity index (χ0n) is 10.1. The number of nitrogens with two attached hydrogens (primary N) is 1. The van der Waals surface area contributed by atoms with Crippen LogP contribution < -0.4 is 10.9 Å².